The van der Waals surface area contributed by atoms with Gasteiger partial charge in [0.2, 0.25) is 0 Å². The summed E-state index contributed by atoms with van der Waals surface area (Å²) in [6.45, 7) is 0. The monoisotopic (exact) mass is 372 g/mol. The molecule has 2 aromatic carbocycles. The first-order valence-corrected chi connectivity index (χ1v) is 6.67. The summed E-state index contributed by atoms with van der Waals surface area (Å²) in [5.41, 5.74) is 7.69. The number of nitrogens with two attached hydrogens (primary N) is 1. The van der Waals surface area contributed by atoms with E-state index in [1.807, 2.05) is 24.3 Å². The van der Waals surface area contributed by atoms with Gasteiger partial charge < -0.3 is 11.1 Å². The molecule has 2 rings (SSSR count). The van der Waals surface area contributed by atoms with Gasteiger partial charge in [-0.2, -0.15) is 0 Å². The van der Waals surface area contributed by atoms with Crippen LogP contribution in [0.15, 0.2) is 42.5 Å². The highest BCUT2D eigenvalue weighted by Gasteiger charge is 2.07. The number of benzene rings is 2. The number of halogens is 2. The van der Waals surface area contributed by atoms with Gasteiger partial charge in [0, 0.05) is 20.5 Å². The van der Waals surface area contributed by atoms with Crippen LogP contribution in [-0.4, -0.2) is 4.99 Å². The maximum atomic E-state index is 13.2. The van der Waals surface area contributed by atoms with Crippen molar-refractivity contribution in [3.8, 4) is 0 Å². The molecule has 0 unspecified atom stereocenters. The Morgan fingerprint density at radius 2 is 1.83 bits per heavy atom. The first kappa shape index (κ1) is 13.2. The first-order chi connectivity index (χ1) is 8.56. The average molecular weight is 372 g/mol. The number of hydrogen-bond acceptors (Lipinski definition) is 2. The van der Waals surface area contributed by atoms with Crippen LogP contribution in [0.1, 0.15) is 5.56 Å². The van der Waals surface area contributed by atoms with E-state index in [4.69, 9.17) is 18.0 Å². The van der Waals surface area contributed by atoms with Crippen LogP contribution in [-0.2, 0) is 0 Å². The van der Waals surface area contributed by atoms with E-state index in [1.54, 1.807) is 6.07 Å². The molecule has 2 nitrogen and oxygen atoms in total. The van der Waals surface area contributed by atoms with Crippen molar-refractivity contribution >= 4 is 51.2 Å². The minimum absolute atomic E-state index is 0.169. The summed E-state index contributed by atoms with van der Waals surface area (Å²) in [6.07, 6.45) is 0. The van der Waals surface area contributed by atoms with E-state index in [9.17, 15) is 4.39 Å². The van der Waals surface area contributed by atoms with Crippen LogP contribution in [0.3, 0.4) is 0 Å². The van der Waals surface area contributed by atoms with Crippen molar-refractivity contribution in [1.29, 1.82) is 0 Å². The Morgan fingerprint density at radius 3 is 2.44 bits per heavy atom. The highest BCUT2D eigenvalue weighted by Crippen LogP contribution is 2.22. The van der Waals surface area contributed by atoms with Gasteiger partial charge in [-0.05, 0) is 65.1 Å². The van der Waals surface area contributed by atoms with Crippen LogP contribution in [0, 0.1) is 9.39 Å². The van der Waals surface area contributed by atoms with E-state index in [0.29, 0.717) is 11.3 Å². The molecule has 0 radical (unpaired) electrons. The molecule has 5 heteroatoms. The summed E-state index contributed by atoms with van der Waals surface area (Å²) >= 11 is 7.15. The molecule has 2 aromatic rings. The molecule has 0 spiro atoms. The largest absolute Gasteiger partial charge is 0.389 e. The summed E-state index contributed by atoms with van der Waals surface area (Å²) in [6, 6.07) is 12.2. The number of anilines is 2. The molecule has 0 saturated carbocycles. The lowest BCUT2D eigenvalue weighted by atomic mass is 10.1. The van der Waals surface area contributed by atoms with E-state index in [2.05, 4.69) is 27.9 Å². The molecular weight excluding hydrogens is 362 g/mol. The van der Waals surface area contributed by atoms with Gasteiger partial charge in [0.1, 0.15) is 10.8 Å². The third kappa shape index (κ3) is 3.17. The molecule has 0 aliphatic heterocycles. The maximum absolute atomic E-state index is 13.2. The van der Waals surface area contributed by atoms with E-state index < -0.39 is 0 Å². The zero-order chi connectivity index (χ0) is 13.1. The quantitative estimate of drug-likeness (QED) is 0.636. The van der Waals surface area contributed by atoms with Crippen LogP contribution in [0.4, 0.5) is 15.8 Å². The Balaban J connectivity index is 2.34. The van der Waals surface area contributed by atoms with Crippen molar-refractivity contribution in [2.75, 3.05) is 5.32 Å². The summed E-state index contributed by atoms with van der Waals surface area (Å²) in [4.78, 5) is 0.169. The zero-order valence-electron chi connectivity index (χ0n) is 9.28. The summed E-state index contributed by atoms with van der Waals surface area (Å²) in [7, 11) is 0. The fraction of sp³-hybridized carbons (Fsp3) is 0. The van der Waals surface area contributed by atoms with Gasteiger partial charge >= 0.3 is 0 Å². The second kappa shape index (κ2) is 5.62. The minimum Gasteiger partial charge on any atom is -0.389 e. The number of thiocarbonyl (C=S) groups is 1. The third-order valence-electron chi connectivity index (χ3n) is 2.37. The lowest BCUT2D eigenvalue weighted by Crippen LogP contribution is -2.12. The molecule has 3 N–H and O–H groups in total. The van der Waals surface area contributed by atoms with Gasteiger partial charge in [-0.15, -0.1) is 0 Å². The van der Waals surface area contributed by atoms with Gasteiger partial charge in [0.05, 0.1) is 0 Å². The molecule has 0 atom stereocenters. The van der Waals surface area contributed by atoms with Crippen molar-refractivity contribution < 1.29 is 4.39 Å². The van der Waals surface area contributed by atoms with Crippen LogP contribution in [0.25, 0.3) is 0 Å². The molecule has 0 aliphatic rings. The standard InChI is InChI=1S/C13H10FIN2S/c14-8-1-6-12(11(7-8)13(16)18)17-10-4-2-9(15)3-5-10/h1-7,17H,(H2,16,18). The molecule has 0 bridgehead atoms. The minimum atomic E-state index is -0.356. The Morgan fingerprint density at radius 1 is 1.17 bits per heavy atom. The predicted octanol–water partition coefficient (Wildman–Crippen LogP) is 3.81. The van der Waals surface area contributed by atoms with Crippen molar-refractivity contribution in [3.05, 3.63) is 57.4 Å². The highest BCUT2D eigenvalue weighted by atomic mass is 127. The maximum Gasteiger partial charge on any atom is 0.124 e. The molecule has 92 valence electrons. The van der Waals surface area contributed by atoms with Crippen LogP contribution >= 0.6 is 34.8 Å². The fourth-order valence-corrected chi connectivity index (χ4v) is 2.05. The van der Waals surface area contributed by atoms with Crippen molar-refractivity contribution in [2.24, 2.45) is 5.73 Å². The Hall–Kier alpha value is -1.21. The highest BCUT2D eigenvalue weighted by molar-refractivity contribution is 14.1. The van der Waals surface area contributed by atoms with E-state index in [1.165, 1.54) is 12.1 Å². The molecule has 0 heterocycles. The van der Waals surface area contributed by atoms with Gasteiger partial charge in [-0.25, -0.2) is 4.39 Å². The lowest BCUT2D eigenvalue weighted by Gasteiger charge is -2.11. The fourth-order valence-electron chi connectivity index (χ4n) is 1.52. The molecule has 0 aromatic heterocycles. The number of nitrogens with one attached hydrogen (secondary N) is 1. The van der Waals surface area contributed by atoms with Crippen molar-refractivity contribution in [2.45, 2.75) is 0 Å². The van der Waals surface area contributed by atoms with Crippen molar-refractivity contribution in [3.63, 3.8) is 0 Å². The third-order valence-corrected chi connectivity index (χ3v) is 3.31. The van der Waals surface area contributed by atoms with E-state index in [0.717, 1.165) is 9.26 Å². The van der Waals surface area contributed by atoms with Gasteiger partial charge in [0.15, 0.2) is 0 Å². The summed E-state index contributed by atoms with van der Waals surface area (Å²) in [5.74, 6) is -0.356. The van der Waals surface area contributed by atoms with E-state index >= 15 is 0 Å². The van der Waals surface area contributed by atoms with Crippen molar-refractivity contribution in [1.82, 2.24) is 0 Å². The predicted molar refractivity (Wildman–Crippen MR) is 84.7 cm³/mol. The van der Waals surface area contributed by atoms with Gasteiger partial charge in [-0.3, -0.25) is 0 Å². The zero-order valence-corrected chi connectivity index (χ0v) is 12.3. The van der Waals surface area contributed by atoms with Gasteiger partial charge in [0.25, 0.3) is 0 Å². The first-order valence-electron chi connectivity index (χ1n) is 5.18. The Labute approximate surface area is 124 Å². The molecule has 0 fully saturated rings. The second-order valence-electron chi connectivity index (χ2n) is 3.69. The Kier molecular flexibility index (Phi) is 4.13. The number of rotatable bonds is 3. The smallest absolute Gasteiger partial charge is 0.124 e. The summed E-state index contributed by atoms with van der Waals surface area (Å²) < 4.78 is 14.3. The number of hydrogen-bond donors (Lipinski definition) is 2. The van der Waals surface area contributed by atoms with Crippen LogP contribution < -0.4 is 11.1 Å². The normalized spacial score (nSPS) is 10.1. The SMILES string of the molecule is NC(=S)c1cc(F)ccc1Nc1ccc(I)cc1. The molecule has 0 saturated heterocycles. The van der Waals surface area contributed by atoms with Crippen LogP contribution in [0.2, 0.25) is 0 Å². The van der Waals surface area contributed by atoms with Gasteiger partial charge in [-0.1, -0.05) is 12.2 Å². The summed E-state index contributed by atoms with van der Waals surface area (Å²) in [5, 5.41) is 3.17. The molecule has 0 aliphatic carbocycles. The lowest BCUT2D eigenvalue weighted by molar-refractivity contribution is 0.628. The molecule has 0 amide bonds. The molecule has 18 heavy (non-hydrogen) atoms. The average Bonchev–Trinajstić information content (AvgIpc) is 2.34. The topological polar surface area (TPSA) is 38.0 Å². The van der Waals surface area contributed by atoms with Crippen LogP contribution in [0.5, 0.6) is 0 Å². The Bertz CT molecular complexity index is 584. The van der Waals surface area contributed by atoms with E-state index in [-0.39, 0.29) is 10.8 Å². The second-order valence-corrected chi connectivity index (χ2v) is 5.37. The molecular formula is C13H10FIN2S.